The van der Waals surface area contributed by atoms with Gasteiger partial charge in [-0.05, 0) is 76.1 Å². The molecule has 2 heterocycles. The minimum absolute atomic E-state index is 0.123. The Balaban J connectivity index is 1.50. The molecule has 31 heavy (non-hydrogen) atoms. The van der Waals surface area contributed by atoms with Gasteiger partial charge in [0.15, 0.2) is 0 Å². The zero-order valence-corrected chi connectivity index (χ0v) is 20.3. The van der Waals surface area contributed by atoms with E-state index in [-0.39, 0.29) is 12.1 Å². The zero-order chi connectivity index (χ0) is 22.8. The van der Waals surface area contributed by atoms with Crippen molar-refractivity contribution in [3.8, 4) is 0 Å². The molecule has 2 fully saturated rings. The molecule has 1 aromatic rings. The van der Waals surface area contributed by atoms with Gasteiger partial charge >= 0.3 is 6.03 Å². The number of hydrogen-bond donors (Lipinski definition) is 2. The summed E-state index contributed by atoms with van der Waals surface area (Å²) in [5, 5.41) is 2.98. The Morgan fingerprint density at radius 1 is 1.00 bits per heavy atom. The van der Waals surface area contributed by atoms with Crippen LogP contribution < -0.4 is 14.9 Å². The second kappa shape index (κ2) is 9.36. The molecule has 2 atom stereocenters. The molecule has 0 bridgehead atoms. The van der Waals surface area contributed by atoms with E-state index in [1.165, 1.54) is 12.1 Å². The van der Waals surface area contributed by atoms with Gasteiger partial charge in [0.05, 0.1) is 4.75 Å². The summed E-state index contributed by atoms with van der Waals surface area (Å²) in [7, 11) is -3.38. The van der Waals surface area contributed by atoms with Crippen molar-refractivity contribution in [3.05, 3.63) is 24.3 Å². The van der Waals surface area contributed by atoms with Crippen LogP contribution in [-0.2, 0) is 10.0 Å². The fourth-order valence-corrected chi connectivity index (χ4v) is 5.46. The highest BCUT2D eigenvalue weighted by molar-refractivity contribution is 7.90. The highest BCUT2D eigenvalue weighted by Crippen LogP contribution is 2.27. The maximum Gasteiger partial charge on any atom is 0.321 e. The monoisotopic (exact) mass is 450 g/mol. The Hall–Kier alpha value is -1.80. The molecule has 0 spiro atoms. The highest BCUT2D eigenvalue weighted by Gasteiger charge is 2.33. The number of carbonyl (C=O) groups is 1. The summed E-state index contributed by atoms with van der Waals surface area (Å²) in [6, 6.07) is 7.82. The number of nitrogens with one attached hydrogen (secondary N) is 2. The van der Waals surface area contributed by atoms with Crippen molar-refractivity contribution in [2.45, 2.75) is 64.7 Å². The number of anilines is 2. The van der Waals surface area contributed by atoms with Crippen LogP contribution in [0.4, 0.5) is 16.2 Å². The third kappa shape index (κ3) is 6.13. The molecule has 0 aliphatic carbocycles. The molecule has 2 aliphatic heterocycles. The number of amides is 2. The SMILES string of the molecule is CC1C[C@@H](C)CN(c2ccc(NC(=O)N3CCC(NS(=O)(=O)C(C)(C)C)CC3)cc2)C1. The van der Waals surface area contributed by atoms with E-state index < -0.39 is 14.8 Å². The zero-order valence-electron chi connectivity index (χ0n) is 19.5. The van der Waals surface area contributed by atoms with Gasteiger partial charge in [0.1, 0.15) is 0 Å². The van der Waals surface area contributed by atoms with Crippen molar-refractivity contribution >= 4 is 27.4 Å². The first-order chi connectivity index (χ1) is 14.4. The van der Waals surface area contributed by atoms with Gasteiger partial charge in [-0.25, -0.2) is 17.9 Å². The van der Waals surface area contributed by atoms with Crippen LogP contribution in [0, 0.1) is 11.8 Å². The van der Waals surface area contributed by atoms with Crippen LogP contribution in [0.3, 0.4) is 0 Å². The van der Waals surface area contributed by atoms with E-state index in [1.807, 2.05) is 12.1 Å². The van der Waals surface area contributed by atoms with Crippen LogP contribution in [-0.4, -0.2) is 56.3 Å². The molecule has 0 saturated carbocycles. The lowest BCUT2D eigenvalue weighted by molar-refractivity contribution is 0.193. The van der Waals surface area contributed by atoms with Crippen LogP contribution in [0.25, 0.3) is 0 Å². The van der Waals surface area contributed by atoms with E-state index >= 15 is 0 Å². The Morgan fingerprint density at radius 3 is 2.06 bits per heavy atom. The Bertz CT molecular complexity index is 846. The number of sulfonamides is 1. The second-order valence-electron chi connectivity index (χ2n) is 10.3. The lowest BCUT2D eigenvalue weighted by atomic mass is 9.91. The van der Waals surface area contributed by atoms with Crippen molar-refractivity contribution in [1.82, 2.24) is 9.62 Å². The van der Waals surface area contributed by atoms with E-state index in [1.54, 1.807) is 25.7 Å². The van der Waals surface area contributed by atoms with Gasteiger partial charge in [-0.2, -0.15) is 0 Å². The van der Waals surface area contributed by atoms with Gasteiger partial charge in [-0.3, -0.25) is 0 Å². The lowest BCUT2D eigenvalue weighted by Crippen LogP contribution is -2.50. The molecular formula is C23H38N4O3S. The maximum absolute atomic E-state index is 12.7. The van der Waals surface area contributed by atoms with Crippen molar-refractivity contribution in [1.29, 1.82) is 0 Å². The molecule has 174 valence electrons. The van der Waals surface area contributed by atoms with Crippen molar-refractivity contribution in [2.75, 3.05) is 36.4 Å². The fraction of sp³-hybridized carbons (Fsp3) is 0.696. The summed E-state index contributed by atoms with van der Waals surface area (Å²) >= 11 is 0. The topological polar surface area (TPSA) is 81.8 Å². The quantitative estimate of drug-likeness (QED) is 0.729. The first-order valence-electron chi connectivity index (χ1n) is 11.4. The van der Waals surface area contributed by atoms with Gasteiger partial charge in [0.25, 0.3) is 0 Å². The number of nitrogens with zero attached hydrogens (tertiary/aromatic N) is 2. The average molecular weight is 451 g/mol. The van der Waals surface area contributed by atoms with Crippen LogP contribution in [0.5, 0.6) is 0 Å². The average Bonchev–Trinajstić information content (AvgIpc) is 2.67. The normalized spacial score (nSPS) is 23.6. The molecule has 8 heteroatoms. The van der Waals surface area contributed by atoms with Gasteiger partial charge in [-0.15, -0.1) is 0 Å². The van der Waals surface area contributed by atoms with E-state index in [0.29, 0.717) is 37.8 Å². The summed E-state index contributed by atoms with van der Waals surface area (Å²) in [5.41, 5.74) is 1.98. The third-order valence-electron chi connectivity index (χ3n) is 6.26. The molecular weight excluding hydrogens is 412 g/mol. The predicted molar refractivity (Wildman–Crippen MR) is 127 cm³/mol. The Kier molecular flexibility index (Phi) is 7.21. The number of urea groups is 1. The Labute approximate surface area is 187 Å². The van der Waals surface area contributed by atoms with Crippen LogP contribution in [0.15, 0.2) is 24.3 Å². The van der Waals surface area contributed by atoms with Gasteiger partial charge in [-0.1, -0.05) is 13.8 Å². The van der Waals surface area contributed by atoms with Crippen LogP contribution in [0.1, 0.15) is 53.9 Å². The second-order valence-corrected chi connectivity index (χ2v) is 12.8. The molecule has 0 radical (unpaired) electrons. The van der Waals surface area contributed by atoms with Gasteiger partial charge < -0.3 is 15.1 Å². The lowest BCUT2D eigenvalue weighted by Gasteiger charge is -2.36. The highest BCUT2D eigenvalue weighted by atomic mass is 32.2. The van der Waals surface area contributed by atoms with Crippen molar-refractivity contribution < 1.29 is 13.2 Å². The summed E-state index contributed by atoms with van der Waals surface area (Å²) < 4.78 is 26.7. The van der Waals surface area contributed by atoms with E-state index in [2.05, 4.69) is 40.9 Å². The van der Waals surface area contributed by atoms with Gasteiger partial charge in [0.2, 0.25) is 10.0 Å². The Morgan fingerprint density at radius 2 is 1.55 bits per heavy atom. The number of hydrogen-bond acceptors (Lipinski definition) is 4. The summed E-state index contributed by atoms with van der Waals surface area (Å²) in [5.74, 6) is 1.39. The van der Waals surface area contributed by atoms with E-state index in [9.17, 15) is 13.2 Å². The number of carbonyl (C=O) groups excluding carboxylic acids is 1. The molecule has 7 nitrogen and oxygen atoms in total. The van der Waals surface area contributed by atoms with E-state index in [4.69, 9.17) is 0 Å². The molecule has 2 amide bonds. The van der Waals surface area contributed by atoms with Gasteiger partial charge in [0, 0.05) is 43.6 Å². The first-order valence-corrected chi connectivity index (χ1v) is 12.9. The molecule has 1 aromatic carbocycles. The first kappa shape index (κ1) is 23.9. The standard InChI is InChI=1S/C23H38N4O3S/c1-17-14-18(2)16-27(15-17)21-8-6-19(7-9-21)24-22(28)26-12-10-20(11-13-26)25-31(29,30)23(3,4)5/h6-9,17-18,20,25H,10-16H2,1-5H3,(H,24,28)/t17-,18?/m1/s1. The summed E-state index contributed by atoms with van der Waals surface area (Å²) in [4.78, 5) is 16.8. The predicted octanol–water partition coefficient (Wildman–Crippen LogP) is 3.88. The third-order valence-corrected chi connectivity index (χ3v) is 8.52. The number of piperidine rings is 2. The molecule has 2 N–H and O–H groups in total. The number of likely N-dealkylation sites (tertiary alicyclic amines) is 1. The summed E-state index contributed by atoms with van der Waals surface area (Å²) in [6.07, 6.45) is 2.51. The van der Waals surface area contributed by atoms with Crippen LogP contribution >= 0.6 is 0 Å². The number of benzene rings is 1. The van der Waals surface area contributed by atoms with Crippen molar-refractivity contribution in [3.63, 3.8) is 0 Å². The minimum Gasteiger partial charge on any atom is -0.371 e. The molecule has 0 aromatic heterocycles. The minimum atomic E-state index is -3.38. The summed E-state index contributed by atoms with van der Waals surface area (Å²) in [6.45, 7) is 12.9. The number of rotatable bonds is 4. The smallest absolute Gasteiger partial charge is 0.321 e. The molecule has 2 saturated heterocycles. The molecule has 3 rings (SSSR count). The largest absolute Gasteiger partial charge is 0.371 e. The molecule has 1 unspecified atom stereocenters. The van der Waals surface area contributed by atoms with E-state index in [0.717, 1.165) is 18.8 Å². The van der Waals surface area contributed by atoms with Crippen molar-refractivity contribution in [2.24, 2.45) is 11.8 Å². The molecule has 2 aliphatic rings. The maximum atomic E-state index is 12.7. The van der Waals surface area contributed by atoms with Crippen LogP contribution in [0.2, 0.25) is 0 Å². The fourth-order valence-electron chi connectivity index (χ4n) is 4.43.